The summed E-state index contributed by atoms with van der Waals surface area (Å²) in [4.78, 5) is 5.10. The van der Waals surface area contributed by atoms with Crippen LogP contribution in [0, 0.1) is 0 Å². The first-order chi connectivity index (χ1) is 16.8. The molecule has 0 aliphatic heterocycles. The van der Waals surface area contributed by atoms with Crippen LogP contribution in [0.5, 0.6) is 0 Å². The second-order valence-corrected chi connectivity index (χ2v) is 10.5. The largest absolute Gasteiger partial charge is 0.390 e. The highest BCUT2D eigenvalue weighted by atomic mass is 79.9. The Morgan fingerprint density at radius 1 is 0.829 bits per heavy atom. The van der Waals surface area contributed by atoms with Gasteiger partial charge in [-0.15, -0.1) is 0 Å². The highest BCUT2D eigenvalue weighted by Crippen LogP contribution is 2.46. The predicted molar refractivity (Wildman–Crippen MR) is 143 cm³/mol. The quantitative estimate of drug-likeness (QED) is 0.293. The van der Waals surface area contributed by atoms with Crippen molar-refractivity contribution < 1.29 is 5.11 Å². The number of hydrogen-bond donors (Lipinski definition) is 2. The Labute approximate surface area is 212 Å². The summed E-state index contributed by atoms with van der Waals surface area (Å²) in [7, 11) is 0. The summed E-state index contributed by atoms with van der Waals surface area (Å²) < 4.78 is 2.71. The summed E-state index contributed by atoms with van der Waals surface area (Å²) in [5.74, 6) is 0. The van der Waals surface area contributed by atoms with Gasteiger partial charge in [0, 0.05) is 28.4 Å². The first-order valence-electron chi connectivity index (χ1n) is 11.6. The molecule has 35 heavy (non-hydrogen) atoms. The zero-order chi connectivity index (χ0) is 24.2. The van der Waals surface area contributed by atoms with Gasteiger partial charge in [-0.1, -0.05) is 84.9 Å². The highest BCUT2D eigenvalue weighted by molar-refractivity contribution is 9.10. The van der Waals surface area contributed by atoms with Gasteiger partial charge in [0.2, 0.25) is 0 Å². The number of fused-ring (bicyclic) bond motifs is 1. The summed E-state index contributed by atoms with van der Waals surface area (Å²) in [6, 6.07) is 28.6. The molecule has 0 atom stereocenters. The van der Waals surface area contributed by atoms with Crippen LogP contribution >= 0.6 is 15.9 Å². The topological polar surface area (TPSA) is 76.4 Å². The number of hydrogen-bond acceptors (Lipinski definition) is 4. The molecule has 2 aromatic heterocycles. The Balaban J connectivity index is 1.49. The molecule has 0 spiro atoms. The van der Waals surface area contributed by atoms with Crippen LogP contribution in [0.4, 0.5) is 0 Å². The Morgan fingerprint density at radius 2 is 1.40 bits per heavy atom. The van der Waals surface area contributed by atoms with Gasteiger partial charge in [-0.25, -0.2) is 9.50 Å². The van der Waals surface area contributed by atoms with Crippen molar-refractivity contribution in [3.05, 3.63) is 101 Å². The molecule has 3 aromatic carbocycles. The number of nitrogens with two attached hydrogens (primary N) is 1. The lowest BCUT2D eigenvalue weighted by atomic mass is 9.63. The molecule has 0 unspecified atom stereocenters. The van der Waals surface area contributed by atoms with Crippen molar-refractivity contribution in [3.8, 4) is 33.6 Å². The lowest BCUT2D eigenvalue weighted by Crippen LogP contribution is -2.58. The average Bonchev–Trinajstić information content (AvgIpc) is 3.18. The van der Waals surface area contributed by atoms with E-state index in [0.29, 0.717) is 12.8 Å². The first kappa shape index (κ1) is 22.2. The van der Waals surface area contributed by atoms with Gasteiger partial charge in [0.25, 0.3) is 0 Å². The standard InChI is InChI=1S/C29H25BrN4O/c1-28(35)17-29(31,18-28)22-14-12-21(13-15-22)25-23(19-8-4-2-5-9-19)16-34-27(32-25)24(30)26(33-34)20-10-6-3-7-11-20/h2-16,35H,17-18,31H2,1H3. The van der Waals surface area contributed by atoms with Crippen molar-refractivity contribution in [3.63, 3.8) is 0 Å². The third-order valence-electron chi connectivity index (χ3n) is 6.81. The van der Waals surface area contributed by atoms with Crippen molar-refractivity contribution in [2.45, 2.75) is 30.9 Å². The molecular weight excluding hydrogens is 500 g/mol. The predicted octanol–water partition coefficient (Wildman–Crippen LogP) is 6.19. The van der Waals surface area contributed by atoms with E-state index in [0.717, 1.165) is 49.3 Å². The Kier molecular flexibility index (Phi) is 5.14. The summed E-state index contributed by atoms with van der Waals surface area (Å²) >= 11 is 3.76. The number of rotatable bonds is 4. The molecule has 6 rings (SSSR count). The van der Waals surface area contributed by atoms with E-state index in [4.69, 9.17) is 15.8 Å². The second-order valence-electron chi connectivity index (χ2n) is 9.75. The fraction of sp³-hybridized carbons (Fsp3) is 0.172. The molecule has 2 heterocycles. The van der Waals surface area contributed by atoms with Crippen molar-refractivity contribution >= 4 is 21.6 Å². The van der Waals surface area contributed by atoms with Crippen LogP contribution in [-0.4, -0.2) is 25.3 Å². The van der Waals surface area contributed by atoms with Crippen molar-refractivity contribution in [2.75, 3.05) is 0 Å². The lowest BCUT2D eigenvalue weighted by Gasteiger charge is -2.49. The zero-order valence-electron chi connectivity index (χ0n) is 19.3. The van der Waals surface area contributed by atoms with Gasteiger partial charge in [-0.3, -0.25) is 0 Å². The highest BCUT2D eigenvalue weighted by Gasteiger charge is 2.49. The minimum Gasteiger partial charge on any atom is -0.390 e. The molecule has 174 valence electrons. The van der Waals surface area contributed by atoms with E-state index >= 15 is 0 Å². The number of halogens is 1. The summed E-state index contributed by atoms with van der Waals surface area (Å²) in [5, 5.41) is 15.1. The van der Waals surface area contributed by atoms with E-state index in [2.05, 4.69) is 52.3 Å². The van der Waals surface area contributed by atoms with Crippen molar-refractivity contribution in [1.29, 1.82) is 0 Å². The molecule has 5 nitrogen and oxygen atoms in total. The molecule has 1 aliphatic carbocycles. The Morgan fingerprint density at radius 3 is 2.00 bits per heavy atom. The third-order valence-corrected chi connectivity index (χ3v) is 7.54. The molecular formula is C29H25BrN4O. The third kappa shape index (κ3) is 3.88. The zero-order valence-corrected chi connectivity index (χ0v) is 20.9. The first-order valence-corrected chi connectivity index (χ1v) is 12.4. The van der Waals surface area contributed by atoms with Gasteiger partial charge in [-0.05, 0) is 46.8 Å². The Bertz CT molecular complexity index is 1520. The normalized spacial score (nSPS) is 21.7. The molecule has 0 radical (unpaired) electrons. The van der Waals surface area contributed by atoms with Crippen LogP contribution in [0.25, 0.3) is 39.3 Å². The van der Waals surface area contributed by atoms with Crippen LogP contribution in [0.15, 0.2) is 95.6 Å². The smallest absolute Gasteiger partial charge is 0.170 e. The van der Waals surface area contributed by atoms with E-state index in [1.54, 1.807) is 0 Å². The molecule has 0 bridgehead atoms. The van der Waals surface area contributed by atoms with Gasteiger partial charge >= 0.3 is 0 Å². The van der Waals surface area contributed by atoms with E-state index in [-0.39, 0.29) is 0 Å². The summed E-state index contributed by atoms with van der Waals surface area (Å²) in [6.45, 7) is 1.84. The number of nitrogens with zero attached hydrogens (tertiary/aromatic N) is 3. The van der Waals surface area contributed by atoms with E-state index in [9.17, 15) is 5.11 Å². The van der Waals surface area contributed by atoms with Crippen LogP contribution in [-0.2, 0) is 5.54 Å². The van der Waals surface area contributed by atoms with Gasteiger partial charge in [0.15, 0.2) is 5.65 Å². The molecule has 0 saturated heterocycles. The lowest BCUT2D eigenvalue weighted by molar-refractivity contribution is -0.0738. The SMILES string of the molecule is CC1(O)CC(N)(c2ccc(-c3nc4c(Br)c(-c5ccccc5)nn4cc3-c3ccccc3)cc2)C1. The number of aromatic nitrogens is 3. The van der Waals surface area contributed by atoms with Crippen molar-refractivity contribution in [2.24, 2.45) is 5.73 Å². The molecule has 6 heteroatoms. The van der Waals surface area contributed by atoms with Crippen LogP contribution in [0.1, 0.15) is 25.3 Å². The van der Waals surface area contributed by atoms with Crippen LogP contribution < -0.4 is 5.73 Å². The van der Waals surface area contributed by atoms with Gasteiger partial charge < -0.3 is 10.8 Å². The van der Waals surface area contributed by atoms with Crippen LogP contribution in [0.3, 0.4) is 0 Å². The summed E-state index contributed by atoms with van der Waals surface area (Å²) in [5.41, 5.74) is 13.0. The fourth-order valence-electron chi connectivity index (χ4n) is 5.25. The van der Waals surface area contributed by atoms with Gasteiger partial charge in [-0.2, -0.15) is 5.10 Å². The monoisotopic (exact) mass is 524 g/mol. The van der Waals surface area contributed by atoms with E-state index in [1.807, 2.05) is 66.2 Å². The van der Waals surface area contributed by atoms with Crippen molar-refractivity contribution in [1.82, 2.24) is 14.6 Å². The minimum atomic E-state index is -0.689. The number of aliphatic hydroxyl groups is 1. The van der Waals surface area contributed by atoms with Gasteiger partial charge in [0.05, 0.1) is 15.8 Å². The van der Waals surface area contributed by atoms with Gasteiger partial charge in [0.1, 0.15) is 5.69 Å². The summed E-state index contributed by atoms with van der Waals surface area (Å²) in [6.07, 6.45) is 3.17. The second kappa shape index (κ2) is 8.12. The maximum Gasteiger partial charge on any atom is 0.170 e. The molecule has 1 fully saturated rings. The molecule has 3 N–H and O–H groups in total. The molecule has 1 saturated carbocycles. The Hall–Kier alpha value is -3.32. The fourth-order valence-corrected chi connectivity index (χ4v) is 5.82. The molecule has 5 aromatic rings. The maximum atomic E-state index is 10.2. The van der Waals surface area contributed by atoms with Crippen LogP contribution in [0.2, 0.25) is 0 Å². The molecule has 0 amide bonds. The van der Waals surface area contributed by atoms with E-state index < -0.39 is 11.1 Å². The molecule has 1 aliphatic rings. The minimum absolute atomic E-state index is 0.485. The average molecular weight is 525 g/mol. The van der Waals surface area contributed by atoms with E-state index in [1.165, 1.54) is 0 Å². The number of benzene rings is 3. The maximum absolute atomic E-state index is 10.2.